The minimum absolute atomic E-state index is 0.436. The van der Waals surface area contributed by atoms with Crippen molar-refractivity contribution in [3.05, 3.63) is 41.0 Å². The van der Waals surface area contributed by atoms with Crippen molar-refractivity contribution in [3.63, 3.8) is 0 Å². The number of hydrogen-bond donors (Lipinski definition) is 0. The van der Waals surface area contributed by atoms with E-state index in [0.717, 1.165) is 22.4 Å². The Bertz CT molecular complexity index is 784. The third-order valence-corrected chi connectivity index (χ3v) is 3.86. The summed E-state index contributed by atoms with van der Waals surface area (Å²) in [5.41, 5.74) is 2.00. The van der Waals surface area contributed by atoms with E-state index in [-0.39, 0.29) is 0 Å². The second kappa shape index (κ2) is 5.23. The lowest BCUT2D eigenvalue weighted by atomic mass is 10.1. The Morgan fingerprint density at radius 3 is 3.00 bits per heavy atom. The van der Waals surface area contributed by atoms with E-state index >= 15 is 0 Å². The van der Waals surface area contributed by atoms with Crippen molar-refractivity contribution in [2.75, 3.05) is 0 Å². The quantitative estimate of drug-likeness (QED) is 0.736. The standard InChI is InChI=1S/C14H10N4OS/c1-2-9-8-16-6-5-11(9)13-17-14(19-18-13)12-4-3-10(7-15)20-12/h3-6,8H,2H2,1H3. The first-order chi connectivity index (χ1) is 9.81. The third kappa shape index (κ3) is 2.19. The molecule has 0 saturated carbocycles. The molecule has 0 unspecified atom stereocenters. The number of thiophene rings is 1. The fourth-order valence-corrected chi connectivity index (χ4v) is 2.60. The highest BCUT2D eigenvalue weighted by atomic mass is 32.1. The van der Waals surface area contributed by atoms with Gasteiger partial charge in [-0.1, -0.05) is 12.1 Å². The number of nitriles is 1. The topological polar surface area (TPSA) is 75.6 Å². The van der Waals surface area contributed by atoms with Crippen LogP contribution in [0.4, 0.5) is 0 Å². The molecule has 0 aliphatic rings. The lowest BCUT2D eigenvalue weighted by Crippen LogP contribution is -1.90. The maximum atomic E-state index is 8.84. The van der Waals surface area contributed by atoms with Crippen LogP contribution in [0.1, 0.15) is 17.4 Å². The van der Waals surface area contributed by atoms with Crippen LogP contribution in [0.5, 0.6) is 0 Å². The van der Waals surface area contributed by atoms with E-state index in [2.05, 4.69) is 28.1 Å². The van der Waals surface area contributed by atoms with Gasteiger partial charge in [-0.3, -0.25) is 4.98 Å². The SMILES string of the molecule is CCc1cnccc1-c1noc(-c2ccc(C#N)s2)n1. The van der Waals surface area contributed by atoms with Gasteiger partial charge in [-0.25, -0.2) is 0 Å². The second-order valence-electron chi connectivity index (χ2n) is 4.09. The number of pyridine rings is 1. The van der Waals surface area contributed by atoms with E-state index < -0.39 is 0 Å². The molecular formula is C14H10N4OS. The van der Waals surface area contributed by atoms with Crippen LogP contribution in [-0.2, 0) is 6.42 Å². The lowest BCUT2D eigenvalue weighted by Gasteiger charge is -2.00. The molecule has 3 heterocycles. The summed E-state index contributed by atoms with van der Waals surface area (Å²) in [5.74, 6) is 0.983. The van der Waals surface area contributed by atoms with Crippen LogP contribution < -0.4 is 0 Å². The van der Waals surface area contributed by atoms with Gasteiger partial charge in [-0.15, -0.1) is 11.3 Å². The van der Waals surface area contributed by atoms with Gasteiger partial charge in [0.1, 0.15) is 10.9 Å². The summed E-state index contributed by atoms with van der Waals surface area (Å²) in [6.45, 7) is 2.06. The van der Waals surface area contributed by atoms with E-state index in [1.807, 2.05) is 18.3 Å². The Labute approximate surface area is 119 Å². The fraction of sp³-hybridized carbons (Fsp3) is 0.143. The molecule has 5 nitrogen and oxygen atoms in total. The smallest absolute Gasteiger partial charge is 0.268 e. The van der Waals surface area contributed by atoms with Gasteiger partial charge in [-0.05, 0) is 30.2 Å². The van der Waals surface area contributed by atoms with Gasteiger partial charge in [0, 0.05) is 18.0 Å². The van der Waals surface area contributed by atoms with Crippen molar-refractivity contribution < 1.29 is 4.52 Å². The first kappa shape index (κ1) is 12.5. The molecular weight excluding hydrogens is 272 g/mol. The largest absolute Gasteiger partial charge is 0.333 e. The first-order valence-corrected chi connectivity index (χ1v) is 6.90. The Kier molecular flexibility index (Phi) is 3.27. The Balaban J connectivity index is 2.00. The molecule has 0 bridgehead atoms. The summed E-state index contributed by atoms with van der Waals surface area (Å²) in [5, 5.41) is 12.9. The van der Waals surface area contributed by atoms with Crippen LogP contribution >= 0.6 is 11.3 Å². The second-order valence-corrected chi connectivity index (χ2v) is 5.17. The zero-order chi connectivity index (χ0) is 13.9. The van der Waals surface area contributed by atoms with Crippen LogP contribution in [0, 0.1) is 11.3 Å². The molecule has 20 heavy (non-hydrogen) atoms. The van der Waals surface area contributed by atoms with Crippen LogP contribution in [0.25, 0.3) is 22.2 Å². The molecule has 6 heteroatoms. The van der Waals surface area contributed by atoms with Gasteiger partial charge in [0.05, 0.1) is 4.88 Å². The zero-order valence-corrected chi connectivity index (χ0v) is 11.5. The number of nitrogens with zero attached hydrogens (tertiary/aromatic N) is 4. The molecule has 0 aromatic carbocycles. The Morgan fingerprint density at radius 2 is 2.25 bits per heavy atom. The van der Waals surface area contributed by atoms with Crippen molar-refractivity contribution in [1.82, 2.24) is 15.1 Å². The van der Waals surface area contributed by atoms with Crippen LogP contribution in [0.3, 0.4) is 0 Å². The minimum Gasteiger partial charge on any atom is -0.333 e. The van der Waals surface area contributed by atoms with Gasteiger partial charge >= 0.3 is 0 Å². The Morgan fingerprint density at radius 1 is 1.35 bits per heavy atom. The highest BCUT2D eigenvalue weighted by molar-refractivity contribution is 7.15. The van der Waals surface area contributed by atoms with Crippen molar-refractivity contribution in [2.24, 2.45) is 0 Å². The monoisotopic (exact) mass is 282 g/mol. The van der Waals surface area contributed by atoms with Crippen molar-refractivity contribution >= 4 is 11.3 Å². The van der Waals surface area contributed by atoms with Crippen molar-refractivity contribution in [1.29, 1.82) is 5.26 Å². The molecule has 3 rings (SSSR count). The van der Waals surface area contributed by atoms with Gasteiger partial charge < -0.3 is 4.52 Å². The van der Waals surface area contributed by atoms with E-state index in [1.54, 1.807) is 12.3 Å². The molecule has 0 N–H and O–H groups in total. The average Bonchev–Trinajstić information content (AvgIpc) is 3.15. The summed E-state index contributed by atoms with van der Waals surface area (Å²) in [4.78, 5) is 9.92. The summed E-state index contributed by atoms with van der Waals surface area (Å²) in [7, 11) is 0. The van der Waals surface area contributed by atoms with Crippen LogP contribution in [0.2, 0.25) is 0 Å². The molecule has 0 aliphatic heterocycles. The summed E-state index contributed by atoms with van der Waals surface area (Å²) in [6, 6.07) is 7.53. The minimum atomic E-state index is 0.436. The van der Waals surface area contributed by atoms with Crippen molar-refractivity contribution in [2.45, 2.75) is 13.3 Å². The molecule has 0 fully saturated rings. The van der Waals surface area contributed by atoms with Crippen molar-refractivity contribution in [3.8, 4) is 28.2 Å². The molecule has 0 spiro atoms. The third-order valence-electron chi connectivity index (χ3n) is 2.88. The fourth-order valence-electron chi connectivity index (χ4n) is 1.87. The predicted molar refractivity (Wildman–Crippen MR) is 74.9 cm³/mol. The molecule has 0 atom stereocenters. The molecule has 0 saturated heterocycles. The summed E-state index contributed by atoms with van der Waals surface area (Å²) in [6.07, 6.45) is 4.37. The lowest BCUT2D eigenvalue weighted by molar-refractivity contribution is 0.433. The highest BCUT2D eigenvalue weighted by Gasteiger charge is 2.14. The summed E-state index contributed by atoms with van der Waals surface area (Å²) >= 11 is 1.33. The highest BCUT2D eigenvalue weighted by Crippen LogP contribution is 2.29. The van der Waals surface area contributed by atoms with E-state index in [0.29, 0.717) is 16.6 Å². The number of rotatable bonds is 3. The normalized spacial score (nSPS) is 10.4. The van der Waals surface area contributed by atoms with Gasteiger partial charge in [0.2, 0.25) is 5.82 Å². The average molecular weight is 282 g/mol. The molecule has 98 valence electrons. The maximum Gasteiger partial charge on any atom is 0.268 e. The summed E-state index contributed by atoms with van der Waals surface area (Å²) < 4.78 is 5.28. The number of hydrogen-bond acceptors (Lipinski definition) is 6. The predicted octanol–water partition coefficient (Wildman–Crippen LogP) is 3.29. The molecule has 0 amide bonds. The van der Waals surface area contributed by atoms with Crippen LogP contribution in [-0.4, -0.2) is 15.1 Å². The van der Waals surface area contributed by atoms with E-state index in [4.69, 9.17) is 9.78 Å². The molecule has 3 aromatic rings. The van der Waals surface area contributed by atoms with Gasteiger partial charge in [0.25, 0.3) is 5.89 Å². The molecule has 0 radical (unpaired) electrons. The number of aromatic nitrogens is 3. The zero-order valence-electron chi connectivity index (χ0n) is 10.7. The van der Waals surface area contributed by atoms with E-state index in [9.17, 15) is 0 Å². The van der Waals surface area contributed by atoms with Crippen LogP contribution in [0.15, 0.2) is 35.1 Å². The van der Waals surface area contributed by atoms with Gasteiger partial charge in [-0.2, -0.15) is 10.2 Å². The number of aryl methyl sites for hydroxylation is 1. The Hall–Kier alpha value is -2.52. The molecule has 0 aliphatic carbocycles. The molecule has 3 aromatic heterocycles. The first-order valence-electron chi connectivity index (χ1n) is 6.09. The van der Waals surface area contributed by atoms with Gasteiger partial charge in [0.15, 0.2) is 0 Å². The maximum absolute atomic E-state index is 8.84. The van der Waals surface area contributed by atoms with E-state index in [1.165, 1.54) is 11.3 Å².